The van der Waals surface area contributed by atoms with Crippen LogP contribution in [-0.4, -0.2) is 49.3 Å². The second-order valence-corrected chi connectivity index (χ2v) is 5.34. The second kappa shape index (κ2) is 7.24. The van der Waals surface area contributed by atoms with E-state index >= 15 is 0 Å². The number of alkyl halides is 3. The number of nitrogens with zero attached hydrogens (tertiary/aromatic N) is 1. The van der Waals surface area contributed by atoms with Gasteiger partial charge in [0.25, 0.3) is 5.91 Å². The first kappa shape index (κ1) is 17.9. The summed E-state index contributed by atoms with van der Waals surface area (Å²) in [5.74, 6) is -0.608. The summed E-state index contributed by atoms with van der Waals surface area (Å²) in [6.45, 7) is -0.00412. The number of likely N-dealkylation sites (N-methyl/N-ethyl adjacent to an activating group) is 1. The predicted molar refractivity (Wildman–Crippen MR) is 74.0 cm³/mol. The molecular formula is C13H15BrF3NO3. The zero-order valence-electron chi connectivity index (χ0n) is 11.4. The third-order valence-electron chi connectivity index (χ3n) is 2.71. The number of rotatable bonds is 5. The molecule has 1 atom stereocenters. The number of hydrogen-bond donors (Lipinski definition) is 1. The maximum absolute atomic E-state index is 12.8. The van der Waals surface area contributed by atoms with E-state index < -0.39 is 23.8 Å². The number of benzene rings is 1. The van der Waals surface area contributed by atoms with E-state index in [4.69, 9.17) is 4.74 Å². The maximum atomic E-state index is 12.8. The van der Waals surface area contributed by atoms with E-state index in [2.05, 4.69) is 15.9 Å². The molecule has 0 aliphatic heterocycles. The summed E-state index contributed by atoms with van der Waals surface area (Å²) in [4.78, 5) is 13.2. The number of halogens is 4. The number of methoxy groups -OCH3 is 1. The summed E-state index contributed by atoms with van der Waals surface area (Å²) in [7, 11) is 2.80. The number of carbonyl (C=O) groups excluding carboxylic acids is 1. The van der Waals surface area contributed by atoms with Crippen molar-refractivity contribution in [1.29, 1.82) is 0 Å². The Labute approximate surface area is 128 Å². The molecule has 0 saturated heterocycles. The minimum Gasteiger partial charge on any atom is -0.389 e. The van der Waals surface area contributed by atoms with Crippen LogP contribution in [0.5, 0.6) is 0 Å². The van der Waals surface area contributed by atoms with Gasteiger partial charge in [0.2, 0.25) is 0 Å². The van der Waals surface area contributed by atoms with Gasteiger partial charge in [-0.3, -0.25) is 4.79 Å². The largest absolute Gasteiger partial charge is 0.417 e. The molecule has 0 bridgehead atoms. The van der Waals surface area contributed by atoms with Crippen molar-refractivity contribution in [1.82, 2.24) is 4.90 Å². The molecule has 0 aromatic heterocycles. The quantitative estimate of drug-likeness (QED) is 0.867. The van der Waals surface area contributed by atoms with Gasteiger partial charge in [-0.15, -0.1) is 0 Å². The molecule has 1 unspecified atom stereocenters. The molecule has 118 valence electrons. The molecular weight excluding hydrogens is 355 g/mol. The van der Waals surface area contributed by atoms with Crippen LogP contribution in [-0.2, 0) is 10.9 Å². The number of aliphatic hydroxyl groups is 1. The van der Waals surface area contributed by atoms with E-state index in [9.17, 15) is 23.1 Å². The molecule has 1 amide bonds. The van der Waals surface area contributed by atoms with Crippen LogP contribution in [0.25, 0.3) is 0 Å². The van der Waals surface area contributed by atoms with Crippen LogP contribution >= 0.6 is 15.9 Å². The number of hydrogen-bond acceptors (Lipinski definition) is 3. The monoisotopic (exact) mass is 369 g/mol. The number of amides is 1. The van der Waals surface area contributed by atoms with E-state index in [0.717, 1.165) is 11.0 Å². The maximum Gasteiger partial charge on any atom is 0.417 e. The smallest absolute Gasteiger partial charge is 0.389 e. The number of carbonyl (C=O) groups is 1. The SMILES string of the molecule is COCC(O)CN(C)C(=O)c1ccc(Br)c(C(F)(F)F)c1. The Hall–Kier alpha value is -1.12. The summed E-state index contributed by atoms with van der Waals surface area (Å²) in [6.07, 6.45) is -5.45. The van der Waals surface area contributed by atoms with Gasteiger partial charge >= 0.3 is 6.18 Å². The second-order valence-electron chi connectivity index (χ2n) is 4.49. The van der Waals surface area contributed by atoms with Gasteiger partial charge < -0.3 is 14.7 Å². The lowest BCUT2D eigenvalue weighted by molar-refractivity contribution is -0.138. The molecule has 1 N–H and O–H groups in total. The molecule has 0 aliphatic rings. The highest BCUT2D eigenvalue weighted by molar-refractivity contribution is 9.10. The van der Waals surface area contributed by atoms with Crippen molar-refractivity contribution in [2.45, 2.75) is 12.3 Å². The highest BCUT2D eigenvalue weighted by Crippen LogP contribution is 2.35. The summed E-state index contributed by atoms with van der Waals surface area (Å²) in [6, 6.07) is 3.25. The lowest BCUT2D eigenvalue weighted by Crippen LogP contribution is -2.36. The van der Waals surface area contributed by atoms with E-state index in [1.807, 2.05) is 0 Å². The Morgan fingerprint density at radius 2 is 2.10 bits per heavy atom. The molecule has 21 heavy (non-hydrogen) atoms. The Bertz CT molecular complexity index is 508. The van der Waals surface area contributed by atoms with Crippen molar-refractivity contribution in [2.75, 3.05) is 27.3 Å². The molecule has 1 rings (SSSR count). The molecule has 0 heterocycles. The minimum absolute atomic E-state index is 0.0335. The summed E-state index contributed by atoms with van der Waals surface area (Å²) >= 11 is 2.81. The molecule has 1 aromatic carbocycles. The van der Waals surface area contributed by atoms with Crippen LogP contribution in [0, 0.1) is 0 Å². The third-order valence-corrected chi connectivity index (χ3v) is 3.40. The molecule has 0 aliphatic carbocycles. The van der Waals surface area contributed by atoms with Crippen LogP contribution < -0.4 is 0 Å². The Balaban J connectivity index is 2.93. The minimum atomic E-state index is -4.55. The molecule has 0 saturated carbocycles. The van der Waals surface area contributed by atoms with Crippen LogP contribution in [0.3, 0.4) is 0 Å². The normalized spacial score (nSPS) is 13.1. The number of ether oxygens (including phenoxy) is 1. The van der Waals surface area contributed by atoms with Crippen molar-refractivity contribution in [3.63, 3.8) is 0 Å². The van der Waals surface area contributed by atoms with Gasteiger partial charge in [-0.05, 0) is 18.2 Å². The van der Waals surface area contributed by atoms with Gasteiger partial charge in [-0.1, -0.05) is 15.9 Å². The van der Waals surface area contributed by atoms with Crippen molar-refractivity contribution in [3.05, 3.63) is 33.8 Å². The van der Waals surface area contributed by atoms with Crippen molar-refractivity contribution < 1.29 is 27.8 Å². The first-order valence-electron chi connectivity index (χ1n) is 5.96. The summed E-state index contributed by atoms with van der Waals surface area (Å²) in [5, 5.41) is 9.54. The Morgan fingerprint density at radius 3 is 2.62 bits per heavy atom. The van der Waals surface area contributed by atoms with Gasteiger partial charge in [-0.25, -0.2) is 0 Å². The standard InChI is InChI=1S/C13H15BrF3NO3/c1-18(6-9(19)7-21-2)12(20)8-3-4-11(14)10(5-8)13(15,16)17/h3-5,9,19H,6-7H2,1-2H3. The van der Waals surface area contributed by atoms with Crippen LogP contribution in [0.15, 0.2) is 22.7 Å². The average molecular weight is 370 g/mol. The van der Waals surface area contributed by atoms with Crippen LogP contribution in [0.4, 0.5) is 13.2 Å². The highest BCUT2D eigenvalue weighted by Gasteiger charge is 2.33. The van der Waals surface area contributed by atoms with Crippen molar-refractivity contribution >= 4 is 21.8 Å². The zero-order valence-corrected chi connectivity index (χ0v) is 13.0. The molecule has 8 heteroatoms. The predicted octanol–water partition coefficient (Wildman–Crippen LogP) is 2.55. The molecule has 4 nitrogen and oxygen atoms in total. The van der Waals surface area contributed by atoms with Gasteiger partial charge in [0.1, 0.15) is 0 Å². The molecule has 0 fully saturated rings. The fraction of sp³-hybridized carbons (Fsp3) is 0.462. The average Bonchev–Trinajstić information content (AvgIpc) is 2.37. The molecule has 0 radical (unpaired) electrons. The van der Waals surface area contributed by atoms with E-state index in [1.165, 1.54) is 26.3 Å². The van der Waals surface area contributed by atoms with E-state index in [1.54, 1.807) is 0 Å². The number of aliphatic hydroxyl groups excluding tert-OH is 1. The van der Waals surface area contributed by atoms with Gasteiger partial charge in [-0.2, -0.15) is 13.2 Å². The third kappa shape index (κ3) is 4.98. The first-order chi connectivity index (χ1) is 9.66. The lowest BCUT2D eigenvalue weighted by atomic mass is 10.1. The van der Waals surface area contributed by atoms with Gasteiger partial charge in [0.15, 0.2) is 0 Å². The molecule has 1 aromatic rings. The van der Waals surface area contributed by atoms with Crippen LogP contribution in [0.1, 0.15) is 15.9 Å². The van der Waals surface area contributed by atoms with Crippen molar-refractivity contribution in [3.8, 4) is 0 Å². The Morgan fingerprint density at radius 1 is 1.48 bits per heavy atom. The van der Waals surface area contributed by atoms with Crippen molar-refractivity contribution in [2.24, 2.45) is 0 Å². The van der Waals surface area contributed by atoms with E-state index in [-0.39, 0.29) is 23.2 Å². The summed E-state index contributed by atoms with van der Waals surface area (Å²) < 4.78 is 43.0. The fourth-order valence-corrected chi connectivity index (χ4v) is 2.21. The lowest BCUT2D eigenvalue weighted by Gasteiger charge is -2.21. The highest BCUT2D eigenvalue weighted by atomic mass is 79.9. The fourth-order valence-electron chi connectivity index (χ4n) is 1.74. The zero-order chi connectivity index (χ0) is 16.2. The summed E-state index contributed by atoms with van der Waals surface area (Å²) in [5.41, 5.74) is -1.02. The van der Waals surface area contributed by atoms with Gasteiger partial charge in [0, 0.05) is 30.7 Å². The Kier molecular flexibility index (Phi) is 6.18. The van der Waals surface area contributed by atoms with Crippen LogP contribution in [0.2, 0.25) is 0 Å². The topological polar surface area (TPSA) is 49.8 Å². The van der Waals surface area contributed by atoms with E-state index in [0.29, 0.717) is 0 Å². The van der Waals surface area contributed by atoms with Gasteiger partial charge in [0.05, 0.1) is 18.3 Å². The first-order valence-corrected chi connectivity index (χ1v) is 6.75. The molecule has 0 spiro atoms.